The van der Waals surface area contributed by atoms with Crippen molar-refractivity contribution in [2.24, 2.45) is 0 Å². The highest BCUT2D eigenvalue weighted by Gasteiger charge is 2.16. The molecule has 2 aromatic heterocycles. The van der Waals surface area contributed by atoms with Crippen LogP contribution in [0.25, 0.3) is 21.3 Å². The van der Waals surface area contributed by atoms with Crippen LogP contribution in [0.1, 0.15) is 24.2 Å². The van der Waals surface area contributed by atoms with Gasteiger partial charge in [0.1, 0.15) is 17.0 Å². The largest absolute Gasteiger partial charge is 0.467 e. The molecule has 0 atom stereocenters. The van der Waals surface area contributed by atoms with Crippen LogP contribution in [0.4, 0.5) is 10.1 Å². The van der Waals surface area contributed by atoms with Gasteiger partial charge in [-0.05, 0) is 55.8 Å². The average molecular weight is 479 g/mol. The van der Waals surface area contributed by atoms with Gasteiger partial charge in [-0.3, -0.25) is 9.59 Å². The smallest absolute Gasteiger partial charge is 0.262 e. The van der Waals surface area contributed by atoms with Crippen molar-refractivity contribution in [3.05, 3.63) is 71.6 Å². The summed E-state index contributed by atoms with van der Waals surface area (Å²) in [5.41, 5.74) is 2.73. The van der Waals surface area contributed by atoms with Gasteiger partial charge >= 0.3 is 0 Å². The van der Waals surface area contributed by atoms with E-state index in [2.05, 4.69) is 15.3 Å². The molecule has 0 aliphatic rings. The molecule has 0 radical (unpaired) electrons. The fourth-order valence-corrected chi connectivity index (χ4v) is 4.43. The topological polar surface area (TPSA) is 84.4 Å². The Morgan fingerprint density at radius 3 is 2.41 bits per heavy atom. The number of carbonyl (C=O) groups excluding carboxylic acids is 2. The third-order valence-electron chi connectivity index (χ3n) is 5.30. The lowest BCUT2D eigenvalue weighted by atomic mass is 10.1. The minimum Gasteiger partial charge on any atom is -0.467 e. The van der Waals surface area contributed by atoms with Crippen molar-refractivity contribution in [2.45, 2.75) is 13.8 Å². The molecule has 2 amide bonds. The maximum atomic E-state index is 13.3. The van der Waals surface area contributed by atoms with Crippen LogP contribution in [0, 0.1) is 5.82 Å². The Morgan fingerprint density at radius 1 is 1.03 bits per heavy atom. The summed E-state index contributed by atoms with van der Waals surface area (Å²) in [4.78, 5) is 35.8. The number of hydrogen-bond acceptors (Lipinski definition) is 6. The monoisotopic (exact) mass is 478 g/mol. The summed E-state index contributed by atoms with van der Waals surface area (Å²) in [5, 5.41) is 5.33. The van der Waals surface area contributed by atoms with Gasteiger partial charge in [-0.15, -0.1) is 11.3 Å². The Bertz CT molecular complexity index is 1300. The number of amides is 2. The van der Waals surface area contributed by atoms with E-state index in [1.54, 1.807) is 41.3 Å². The van der Waals surface area contributed by atoms with E-state index in [1.807, 2.05) is 19.2 Å². The van der Waals surface area contributed by atoms with Gasteiger partial charge in [0.25, 0.3) is 11.8 Å². The summed E-state index contributed by atoms with van der Waals surface area (Å²) in [7, 11) is 0. The molecular formula is C25H23FN4O3S. The third-order valence-corrected chi connectivity index (χ3v) is 6.18. The van der Waals surface area contributed by atoms with Crippen molar-refractivity contribution in [1.29, 1.82) is 0 Å². The van der Waals surface area contributed by atoms with Gasteiger partial charge in [-0.2, -0.15) is 0 Å². The molecule has 0 unspecified atom stereocenters. The van der Waals surface area contributed by atoms with Gasteiger partial charge in [0.15, 0.2) is 6.61 Å². The van der Waals surface area contributed by atoms with E-state index in [4.69, 9.17) is 4.74 Å². The molecule has 4 aromatic rings. The molecule has 0 saturated heterocycles. The van der Waals surface area contributed by atoms with Crippen molar-refractivity contribution in [1.82, 2.24) is 14.9 Å². The van der Waals surface area contributed by atoms with Crippen molar-refractivity contribution < 1.29 is 18.7 Å². The van der Waals surface area contributed by atoms with Crippen LogP contribution in [0.5, 0.6) is 5.88 Å². The summed E-state index contributed by atoms with van der Waals surface area (Å²) in [5.74, 6) is -0.459. The summed E-state index contributed by atoms with van der Waals surface area (Å²) in [6, 6.07) is 12.9. The maximum Gasteiger partial charge on any atom is 0.262 e. The van der Waals surface area contributed by atoms with Crippen molar-refractivity contribution in [3.8, 4) is 17.0 Å². The fraction of sp³-hybridized carbons (Fsp3) is 0.200. The minimum atomic E-state index is -0.367. The van der Waals surface area contributed by atoms with Gasteiger partial charge in [-0.25, -0.2) is 14.4 Å². The van der Waals surface area contributed by atoms with E-state index in [0.29, 0.717) is 34.6 Å². The normalized spacial score (nSPS) is 10.8. The third kappa shape index (κ3) is 5.04. The van der Waals surface area contributed by atoms with E-state index in [0.717, 1.165) is 11.1 Å². The minimum absolute atomic E-state index is 0.0493. The molecule has 0 fully saturated rings. The lowest BCUT2D eigenvalue weighted by molar-refractivity contribution is -0.118. The molecule has 0 bridgehead atoms. The number of nitrogens with zero attached hydrogens (tertiary/aromatic N) is 3. The second kappa shape index (κ2) is 10.4. The van der Waals surface area contributed by atoms with Gasteiger partial charge in [0, 0.05) is 35.3 Å². The van der Waals surface area contributed by atoms with E-state index in [9.17, 15) is 14.0 Å². The highest BCUT2D eigenvalue weighted by atomic mass is 32.1. The Balaban J connectivity index is 1.44. The van der Waals surface area contributed by atoms with E-state index < -0.39 is 0 Å². The number of nitrogens with one attached hydrogen (secondary N) is 1. The van der Waals surface area contributed by atoms with Crippen LogP contribution >= 0.6 is 11.3 Å². The SMILES string of the molecule is CCN(CC)C(=O)c1ccc(NC(=O)COc2ncnc3scc(-c4ccc(F)cc4)c23)cc1. The second-order valence-electron chi connectivity index (χ2n) is 7.41. The number of thiophene rings is 1. The summed E-state index contributed by atoms with van der Waals surface area (Å²) in [6.45, 7) is 4.87. The number of halogens is 1. The first-order valence-electron chi connectivity index (χ1n) is 10.8. The van der Waals surface area contributed by atoms with Crippen LogP contribution < -0.4 is 10.1 Å². The number of ether oxygens (including phenoxy) is 1. The zero-order chi connectivity index (χ0) is 24.1. The Hall–Kier alpha value is -3.85. The number of anilines is 1. The first-order valence-corrected chi connectivity index (χ1v) is 11.7. The molecule has 174 valence electrons. The molecule has 1 N–H and O–H groups in total. The zero-order valence-corrected chi connectivity index (χ0v) is 19.6. The Labute approximate surface area is 200 Å². The highest BCUT2D eigenvalue weighted by Crippen LogP contribution is 2.37. The molecule has 0 aliphatic carbocycles. The predicted octanol–water partition coefficient (Wildman–Crippen LogP) is 5.00. The maximum absolute atomic E-state index is 13.3. The number of rotatable bonds is 8. The van der Waals surface area contributed by atoms with Crippen LogP contribution in [0.2, 0.25) is 0 Å². The molecule has 0 spiro atoms. The van der Waals surface area contributed by atoms with Crippen molar-refractivity contribution in [3.63, 3.8) is 0 Å². The lowest BCUT2D eigenvalue weighted by Crippen LogP contribution is -2.30. The quantitative estimate of drug-likeness (QED) is 0.385. The molecule has 0 aliphatic heterocycles. The second-order valence-corrected chi connectivity index (χ2v) is 8.26. The van der Waals surface area contributed by atoms with Gasteiger partial charge in [0.2, 0.25) is 5.88 Å². The van der Waals surface area contributed by atoms with Gasteiger partial charge < -0.3 is 15.0 Å². The number of hydrogen-bond donors (Lipinski definition) is 1. The lowest BCUT2D eigenvalue weighted by Gasteiger charge is -2.18. The van der Waals surface area contributed by atoms with E-state index in [-0.39, 0.29) is 30.1 Å². The first-order chi connectivity index (χ1) is 16.5. The van der Waals surface area contributed by atoms with Crippen LogP contribution in [0.15, 0.2) is 60.2 Å². The number of aromatic nitrogens is 2. The van der Waals surface area contributed by atoms with Crippen molar-refractivity contribution in [2.75, 3.05) is 25.0 Å². The molecule has 4 rings (SSSR count). The standard InChI is InChI=1S/C25H23FN4O3S/c1-3-30(4-2)25(32)17-7-11-19(12-8-17)29-21(31)13-33-23-22-20(14-34-24(22)28-15-27-23)16-5-9-18(26)10-6-16/h5-12,14-15H,3-4,13H2,1-2H3,(H,29,31). The predicted molar refractivity (Wildman–Crippen MR) is 131 cm³/mol. The van der Waals surface area contributed by atoms with Crippen LogP contribution in [0.3, 0.4) is 0 Å². The number of fused-ring (bicyclic) bond motifs is 1. The average Bonchev–Trinajstić information content (AvgIpc) is 3.29. The summed E-state index contributed by atoms with van der Waals surface area (Å²) < 4.78 is 19.1. The highest BCUT2D eigenvalue weighted by molar-refractivity contribution is 7.17. The fourth-order valence-electron chi connectivity index (χ4n) is 3.52. The number of benzene rings is 2. The van der Waals surface area contributed by atoms with E-state index >= 15 is 0 Å². The summed E-state index contributed by atoms with van der Waals surface area (Å²) >= 11 is 1.42. The summed E-state index contributed by atoms with van der Waals surface area (Å²) in [6.07, 6.45) is 1.38. The number of carbonyl (C=O) groups is 2. The van der Waals surface area contributed by atoms with Crippen LogP contribution in [-0.4, -0.2) is 46.4 Å². The molecule has 34 heavy (non-hydrogen) atoms. The van der Waals surface area contributed by atoms with Gasteiger partial charge in [0.05, 0.1) is 5.39 Å². The van der Waals surface area contributed by atoms with Crippen molar-refractivity contribution >= 4 is 39.1 Å². The Morgan fingerprint density at radius 2 is 1.74 bits per heavy atom. The molecule has 7 nitrogen and oxygen atoms in total. The molecule has 9 heteroatoms. The molecule has 0 saturated carbocycles. The van der Waals surface area contributed by atoms with Gasteiger partial charge in [-0.1, -0.05) is 12.1 Å². The van der Waals surface area contributed by atoms with Crippen LogP contribution in [-0.2, 0) is 4.79 Å². The zero-order valence-electron chi connectivity index (χ0n) is 18.7. The first kappa shape index (κ1) is 23.3. The molecule has 2 heterocycles. The van der Waals surface area contributed by atoms with E-state index in [1.165, 1.54) is 29.8 Å². The molecule has 2 aromatic carbocycles. The Kier molecular flexibility index (Phi) is 7.12. The molecular weight excluding hydrogens is 455 g/mol.